The maximum atomic E-state index is 4.46. The van der Waals surface area contributed by atoms with Crippen LogP contribution in [0.25, 0.3) is 0 Å². The number of nitrogens with one attached hydrogen (secondary N) is 1. The molecule has 2 heterocycles. The lowest BCUT2D eigenvalue weighted by molar-refractivity contribution is 0.299. The lowest BCUT2D eigenvalue weighted by Gasteiger charge is -2.22. The third kappa shape index (κ3) is 3.72. The van der Waals surface area contributed by atoms with Crippen molar-refractivity contribution in [1.82, 2.24) is 25.0 Å². The Morgan fingerprint density at radius 2 is 2.00 bits per heavy atom. The Morgan fingerprint density at radius 1 is 1.32 bits per heavy atom. The number of aryl methyl sites for hydroxylation is 1. The molecule has 1 saturated carbocycles. The fourth-order valence-electron chi connectivity index (χ4n) is 3.75. The quantitative estimate of drug-likeness (QED) is 0.464. The molecule has 0 radical (unpaired) electrons. The van der Waals surface area contributed by atoms with Gasteiger partial charge in [-0.05, 0) is 31.6 Å². The summed E-state index contributed by atoms with van der Waals surface area (Å²) in [6.07, 6.45) is 7.37. The van der Waals surface area contributed by atoms with Gasteiger partial charge in [0.05, 0.1) is 6.54 Å². The molecule has 2 atom stereocenters. The molecule has 1 aliphatic heterocycles. The molecule has 0 bridgehead atoms. The fraction of sp³-hybridized carbons (Fsp3) is 0.800. The number of hydrogen-bond donors (Lipinski definition) is 1. The smallest absolute Gasteiger partial charge is 0.194 e. The Morgan fingerprint density at radius 3 is 2.59 bits per heavy atom. The van der Waals surface area contributed by atoms with Gasteiger partial charge in [-0.1, -0.05) is 12.8 Å². The van der Waals surface area contributed by atoms with Gasteiger partial charge in [-0.25, -0.2) is 0 Å². The average molecular weight is 418 g/mol. The monoisotopic (exact) mass is 418 g/mol. The number of nitrogens with zero attached hydrogens (tertiary/aromatic N) is 5. The average Bonchev–Trinajstić information content (AvgIpc) is 3.13. The highest BCUT2D eigenvalue weighted by molar-refractivity contribution is 14.0. The molecule has 0 aromatic carbocycles. The van der Waals surface area contributed by atoms with Crippen LogP contribution in [0, 0.1) is 11.8 Å². The molecule has 2 unspecified atom stereocenters. The Kier molecular flexibility index (Phi) is 6.46. The summed E-state index contributed by atoms with van der Waals surface area (Å²) >= 11 is 0. The molecule has 1 aromatic rings. The van der Waals surface area contributed by atoms with Gasteiger partial charge in [-0.2, -0.15) is 0 Å². The van der Waals surface area contributed by atoms with Gasteiger partial charge in [0, 0.05) is 26.7 Å². The first-order valence-electron chi connectivity index (χ1n) is 8.14. The third-order valence-electron chi connectivity index (χ3n) is 4.93. The van der Waals surface area contributed by atoms with E-state index in [9.17, 15) is 0 Å². The summed E-state index contributed by atoms with van der Waals surface area (Å²) in [4.78, 5) is 6.88. The van der Waals surface area contributed by atoms with E-state index in [1.807, 2.05) is 7.05 Å². The van der Waals surface area contributed by atoms with E-state index < -0.39 is 0 Å². The van der Waals surface area contributed by atoms with Crippen LogP contribution in [-0.4, -0.2) is 45.8 Å². The zero-order valence-electron chi connectivity index (χ0n) is 13.5. The van der Waals surface area contributed by atoms with Crippen LogP contribution >= 0.6 is 24.0 Å². The molecule has 1 aliphatic carbocycles. The Balaban J connectivity index is 0.00000176. The normalized spacial score (nSPS) is 24.8. The minimum absolute atomic E-state index is 0. The van der Waals surface area contributed by atoms with E-state index in [2.05, 4.69) is 36.9 Å². The number of fused-ring (bicyclic) bond motifs is 1. The number of aliphatic imine (C=N–C) groups is 1. The van der Waals surface area contributed by atoms with E-state index >= 15 is 0 Å². The summed E-state index contributed by atoms with van der Waals surface area (Å²) in [5.41, 5.74) is 0. The van der Waals surface area contributed by atoms with Crippen LogP contribution in [0.1, 0.15) is 38.4 Å². The first-order chi connectivity index (χ1) is 10.3. The zero-order chi connectivity index (χ0) is 14.7. The second-order valence-corrected chi connectivity index (χ2v) is 6.14. The van der Waals surface area contributed by atoms with Crippen molar-refractivity contribution in [2.24, 2.45) is 16.8 Å². The van der Waals surface area contributed by atoms with Crippen molar-refractivity contribution < 1.29 is 0 Å². The van der Waals surface area contributed by atoms with Gasteiger partial charge in [0.1, 0.15) is 6.33 Å². The molecule has 22 heavy (non-hydrogen) atoms. The van der Waals surface area contributed by atoms with Crippen molar-refractivity contribution in [2.45, 2.75) is 45.7 Å². The molecule has 0 amide bonds. The van der Waals surface area contributed by atoms with Crippen LogP contribution in [0.5, 0.6) is 0 Å². The maximum absolute atomic E-state index is 4.46. The standard InChI is InChI=1S/C15H26N6.HI/c1-3-20-11-18-19-14(20)8-17-15(16-2)21-9-12-6-4-5-7-13(12)10-21;/h11-13H,3-10H2,1-2H3,(H,16,17);1H. The highest BCUT2D eigenvalue weighted by Crippen LogP contribution is 2.35. The predicted molar refractivity (Wildman–Crippen MR) is 98.3 cm³/mol. The van der Waals surface area contributed by atoms with Crippen molar-refractivity contribution in [3.63, 3.8) is 0 Å². The first-order valence-corrected chi connectivity index (χ1v) is 8.14. The molecule has 2 aliphatic rings. The van der Waals surface area contributed by atoms with Gasteiger partial charge < -0.3 is 14.8 Å². The Labute approximate surface area is 149 Å². The van der Waals surface area contributed by atoms with Gasteiger partial charge in [-0.15, -0.1) is 34.2 Å². The van der Waals surface area contributed by atoms with Crippen LogP contribution in [0.2, 0.25) is 0 Å². The number of rotatable bonds is 3. The number of hydrogen-bond acceptors (Lipinski definition) is 3. The minimum Gasteiger partial charge on any atom is -0.349 e. The number of guanidine groups is 1. The molecule has 7 heteroatoms. The first kappa shape index (κ1) is 17.5. The van der Waals surface area contributed by atoms with E-state index in [0.717, 1.165) is 43.3 Å². The summed E-state index contributed by atoms with van der Waals surface area (Å²) in [5.74, 6) is 3.72. The molecule has 1 N–H and O–H groups in total. The fourth-order valence-corrected chi connectivity index (χ4v) is 3.75. The van der Waals surface area contributed by atoms with Crippen LogP contribution in [0.15, 0.2) is 11.3 Å². The van der Waals surface area contributed by atoms with Gasteiger partial charge in [0.15, 0.2) is 11.8 Å². The van der Waals surface area contributed by atoms with Crippen LogP contribution in [0.3, 0.4) is 0 Å². The van der Waals surface area contributed by atoms with Crippen LogP contribution in [-0.2, 0) is 13.1 Å². The Bertz CT molecular complexity index is 486. The number of halogens is 1. The molecule has 1 saturated heterocycles. The Hall–Kier alpha value is -0.860. The zero-order valence-corrected chi connectivity index (χ0v) is 15.9. The summed E-state index contributed by atoms with van der Waals surface area (Å²) in [7, 11) is 1.87. The van der Waals surface area contributed by atoms with E-state index in [0.29, 0.717) is 6.54 Å². The summed E-state index contributed by atoms with van der Waals surface area (Å²) in [6, 6.07) is 0. The molecule has 0 spiro atoms. The van der Waals surface area contributed by atoms with Gasteiger partial charge in [0.25, 0.3) is 0 Å². The molecule has 2 fully saturated rings. The van der Waals surface area contributed by atoms with Gasteiger partial charge >= 0.3 is 0 Å². The van der Waals surface area contributed by atoms with E-state index in [1.165, 1.54) is 25.7 Å². The molecular weight excluding hydrogens is 391 g/mol. The molecule has 6 nitrogen and oxygen atoms in total. The maximum Gasteiger partial charge on any atom is 0.194 e. The largest absolute Gasteiger partial charge is 0.349 e. The summed E-state index contributed by atoms with van der Waals surface area (Å²) in [5, 5.41) is 11.6. The van der Waals surface area contributed by atoms with Gasteiger partial charge in [-0.3, -0.25) is 4.99 Å². The lowest BCUT2D eigenvalue weighted by atomic mass is 9.82. The molecule has 3 rings (SSSR count). The molecule has 124 valence electrons. The summed E-state index contributed by atoms with van der Waals surface area (Å²) in [6.45, 7) is 6.01. The SMILES string of the molecule is CCn1cnnc1CNC(=NC)N1CC2CCCCC2C1.I. The summed E-state index contributed by atoms with van der Waals surface area (Å²) < 4.78 is 2.06. The lowest BCUT2D eigenvalue weighted by Crippen LogP contribution is -2.40. The van der Waals surface area contributed by atoms with Crippen molar-refractivity contribution in [3.05, 3.63) is 12.2 Å². The second-order valence-electron chi connectivity index (χ2n) is 6.14. The van der Waals surface area contributed by atoms with Crippen LogP contribution < -0.4 is 5.32 Å². The van der Waals surface area contributed by atoms with Crippen molar-refractivity contribution in [3.8, 4) is 0 Å². The van der Waals surface area contributed by atoms with Crippen LogP contribution in [0.4, 0.5) is 0 Å². The minimum atomic E-state index is 0. The number of likely N-dealkylation sites (tertiary alicyclic amines) is 1. The van der Waals surface area contributed by atoms with E-state index in [-0.39, 0.29) is 24.0 Å². The number of aromatic nitrogens is 3. The topological polar surface area (TPSA) is 58.3 Å². The highest BCUT2D eigenvalue weighted by atomic mass is 127. The molecule has 1 aromatic heterocycles. The van der Waals surface area contributed by atoms with E-state index in [4.69, 9.17) is 0 Å². The van der Waals surface area contributed by atoms with Crippen molar-refractivity contribution in [1.29, 1.82) is 0 Å². The second kappa shape index (κ2) is 8.12. The van der Waals surface area contributed by atoms with Crippen molar-refractivity contribution >= 4 is 29.9 Å². The van der Waals surface area contributed by atoms with E-state index in [1.54, 1.807) is 6.33 Å². The highest BCUT2D eigenvalue weighted by Gasteiger charge is 2.35. The van der Waals surface area contributed by atoms with Gasteiger partial charge in [0.2, 0.25) is 0 Å². The molecular formula is C15H27IN6. The third-order valence-corrected chi connectivity index (χ3v) is 4.93. The van der Waals surface area contributed by atoms with Crippen molar-refractivity contribution in [2.75, 3.05) is 20.1 Å². The predicted octanol–water partition coefficient (Wildman–Crippen LogP) is 2.11.